The van der Waals surface area contributed by atoms with E-state index >= 15 is 0 Å². The van der Waals surface area contributed by atoms with E-state index in [1.54, 1.807) is 0 Å². The molecule has 1 aliphatic heterocycles. The van der Waals surface area contributed by atoms with Gasteiger partial charge < -0.3 is 15.2 Å². The lowest BCUT2D eigenvalue weighted by Gasteiger charge is -2.32. The van der Waals surface area contributed by atoms with Crippen molar-refractivity contribution in [2.45, 2.75) is 44.9 Å². The highest BCUT2D eigenvalue weighted by Crippen LogP contribution is 2.30. The number of halogens is 3. The number of rotatable bonds is 9. The maximum Gasteiger partial charge on any atom is 0.416 e. The number of aliphatic hydroxyl groups is 1. The van der Waals surface area contributed by atoms with Gasteiger partial charge in [0.05, 0.1) is 5.56 Å². The summed E-state index contributed by atoms with van der Waals surface area (Å²) < 4.78 is 43.6. The van der Waals surface area contributed by atoms with Crippen LogP contribution in [-0.4, -0.2) is 54.8 Å². The van der Waals surface area contributed by atoms with Crippen molar-refractivity contribution in [1.82, 2.24) is 10.2 Å². The third-order valence-corrected chi connectivity index (χ3v) is 5.92. The smallest absolute Gasteiger partial charge is 0.416 e. The Labute approximate surface area is 186 Å². The molecule has 2 aliphatic rings. The highest BCUT2D eigenvalue weighted by atomic mass is 19.4. The third kappa shape index (κ3) is 7.38. The van der Waals surface area contributed by atoms with Crippen LogP contribution in [0.1, 0.15) is 38.2 Å². The number of nitrogens with one attached hydrogen (secondary N) is 1. The zero-order chi connectivity index (χ0) is 23.1. The minimum absolute atomic E-state index is 0.0167. The SMILES string of the molecule is CC1=C(CN(CC(O)COc2ccc(C(F)(F)F)cc2)CC2CCC(=O)NC2)C=CCC1. The van der Waals surface area contributed by atoms with Gasteiger partial charge in [0.15, 0.2) is 0 Å². The van der Waals surface area contributed by atoms with Crippen molar-refractivity contribution in [2.75, 3.05) is 32.8 Å². The van der Waals surface area contributed by atoms with Crippen LogP contribution in [0, 0.1) is 5.92 Å². The fraction of sp³-hybridized carbons (Fsp3) is 0.542. The number of ether oxygens (including phenoxy) is 1. The fourth-order valence-corrected chi connectivity index (χ4v) is 4.05. The first-order valence-electron chi connectivity index (χ1n) is 11.0. The average molecular weight is 453 g/mol. The highest BCUT2D eigenvalue weighted by molar-refractivity contribution is 5.76. The lowest BCUT2D eigenvalue weighted by molar-refractivity contribution is -0.137. The van der Waals surface area contributed by atoms with Gasteiger partial charge in [-0.05, 0) is 61.9 Å². The highest BCUT2D eigenvalue weighted by Gasteiger charge is 2.30. The molecule has 176 valence electrons. The molecule has 0 bridgehead atoms. The molecule has 1 aliphatic carbocycles. The second-order valence-electron chi connectivity index (χ2n) is 8.64. The molecule has 0 aromatic heterocycles. The summed E-state index contributed by atoms with van der Waals surface area (Å²) in [5.41, 5.74) is 1.84. The van der Waals surface area contributed by atoms with Crippen LogP contribution >= 0.6 is 0 Å². The topological polar surface area (TPSA) is 61.8 Å². The summed E-state index contributed by atoms with van der Waals surface area (Å²) in [7, 11) is 0. The quantitative estimate of drug-likeness (QED) is 0.596. The number of piperidine rings is 1. The van der Waals surface area contributed by atoms with E-state index in [1.807, 2.05) is 0 Å². The van der Waals surface area contributed by atoms with Crippen molar-refractivity contribution in [3.8, 4) is 5.75 Å². The Morgan fingerprint density at radius 2 is 2.00 bits per heavy atom. The summed E-state index contributed by atoms with van der Waals surface area (Å²) in [5.74, 6) is 0.670. The summed E-state index contributed by atoms with van der Waals surface area (Å²) in [6.07, 6.45) is 2.49. The van der Waals surface area contributed by atoms with Crippen LogP contribution in [0.4, 0.5) is 13.2 Å². The van der Waals surface area contributed by atoms with Gasteiger partial charge in [-0.3, -0.25) is 9.69 Å². The molecule has 0 saturated carbocycles. The number of carbonyl (C=O) groups is 1. The van der Waals surface area contributed by atoms with Gasteiger partial charge in [-0.25, -0.2) is 0 Å². The number of aliphatic hydroxyl groups excluding tert-OH is 1. The van der Waals surface area contributed by atoms with Crippen LogP contribution in [0.15, 0.2) is 47.6 Å². The Morgan fingerprint density at radius 3 is 2.62 bits per heavy atom. The van der Waals surface area contributed by atoms with E-state index in [9.17, 15) is 23.1 Å². The molecule has 1 heterocycles. The number of nitrogens with zero attached hydrogens (tertiary/aromatic N) is 1. The Bertz CT molecular complexity index is 824. The maximum absolute atomic E-state index is 12.7. The molecule has 0 radical (unpaired) electrons. The van der Waals surface area contributed by atoms with Crippen LogP contribution in [0.25, 0.3) is 0 Å². The van der Waals surface area contributed by atoms with Crippen molar-refractivity contribution >= 4 is 5.91 Å². The van der Waals surface area contributed by atoms with Gasteiger partial charge >= 0.3 is 6.18 Å². The van der Waals surface area contributed by atoms with Gasteiger partial charge in [0.1, 0.15) is 18.5 Å². The van der Waals surface area contributed by atoms with Gasteiger partial charge in [0.25, 0.3) is 0 Å². The maximum atomic E-state index is 12.7. The van der Waals surface area contributed by atoms with Crippen molar-refractivity contribution < 1.29 is 27.8 Å². The summed E-state index contributed by atoms with van der Waals surface area (Å²) >= 11 is 0. The molecule has 8 heteroatoms. The number of benzene rings is 1. The van der Waals surface area contributed by atoms with Gasteiger partial charge in [-0.1, -0.05) is 17.7 Å². The molecular formula is C24H31F3N2O3. The molecule has 1 aromatic carbocycles. The molecule has 0 spiro atoms. The molecule has 2 unspecified atom stereocenters. The lowest BCUT2D eigenvalue weighted by Crippen LogP contribution is -2.44. The molecule has 3 rings (SSSR count). The predicted octanol–water partition coefficient (Wildman–Crippen LogP) is 3.94. The van der Waals surface area contributed by atoms with E-state index in [0.29, 0.717) is 32.0 Å². The summed E-state index contributed by atoms with van der Waals surface area (Å²) in [5, 5.41) is 13.5. The molecule has 2 atom stereocenters. The average Bonchev–Trinajstić information content (AvgIpc) is 2.75. The van der Waals surface area contributed by atoms with Crippen molar-refractivity contribution in [1.29, 1.82) is 0 Å². The first-order chi connectivity index (χ1) is 15.2. The van der Waals surface area contributed by atoms with E-state index in [-0.39, 0.29) is 18.3 Å². The minimum Gasteiger partial charge on any atom is -0.491 e. The number of hydrogen-bond donors (Lipinski definition) is 2. The first kappa shape index (κ1) is 24.3. The third-order valence-electron chi connectivity index (χ3n) is 5.92. The standard InChI is InChI=1S/C24H31F3N2O3/c1-17-4-2-3-5-19(17)14-29(13-18-6-11-23(31)28-12-18)15-21(30)16-32-22-9-7-20(8-10-22)24(25,26)27/h3,5,7-10,18,21,30H,2,4,6,11-16H2,1H3,(H,28,31). The van der Waals surface area contributed by atoms with Crippen LogP contribution < -0.4 is 10.1 Å². The molecule has 1 saturated heterocycles. The second-order valence-corrected chi connectivity index (χ2v) is 8.64. The second kappa shape index (κ2) is 11.0. The van der Waals surface area contributed by atoms with Crippen LogP contribution in [-0.2, 0) is 11.0 Å². The van der Waals surface area contributed by atoms with Crippen molar-refractivity contribution in [2.24, 2.45) is 5.92 Å². The number of amides is 1. The molecule has 1 aromatic rings. The number of hydrogen-bond acceptors (Lipinski definition) is 4. The van der Waals surface area contributed by atoms with Crippen LogP contribution in [0.3, 0.4) is 0 Å². The minimum atomic E-state index is -4.39. The predicted molar refractivity (Wildman–Crippen MR) is 116 cm³/mol. The zero-order valence-electron chi connectivity index (χ0n) is 18.3. The normalized spacial score (nSPS) is 20.4. The van der Waals surface area contributed by atoms with Gasteiger partial charge in [0.2, 0.25) is 5.91 Å². The zero-order valence-corrected chi connectivity index (χ0v) is 18.3. The summed E-state index contributed by atoms with van der Waals surface area (Å²) in [4.78, 5) is 13.6. The molecule has 32 heavy (non-hydrogen) atoms. The Hall–Kier alpha value is -2.32. The van der Waals surface area contributed by atoms with E-state index in [2.05, 4.69) is 29.3 Å². The van der Waals surface area contributed by atoms with Crippen molar-refractivity contribution in [3.05, 3.63) is 53.1 Å². The van der Waals surface area contributed by atoms with Crippen LogP contribution in [0.5, 0.6) is 5.75 Å². The first-order valence-corrected chi connectivity index (χ1v) is 11.0. The fourth-order valence-electron chi connectivity index (χ4n) is 4.05. The van der Waals surface area contributed by atoms with E-state index in [1.165, 1.54) is 23.3 Å². The lowest BCUT2D eigenvalue weighted by atomic mass is 9.96. The molecule has 2 N–H and O–H groups in total. The molecule has 5 nitrogen and oxygen atoms in total. The summed E-state index contributed by atoms with van der Waals surface area (Å²) in [6, 6.07) is 4.46. The van der Waals surface area contributed by atoms with Gasteiger partial charge in [-0.2, -0.15) is 13.2 Å². The summed E-state index contributed by atoms with van der Waals surface area (Å²) in [6.45, 7) is 4.54. The van der Waals surface area contributed by atoms with E-state index in [0.717, 1.165) is 37.9 Å². The number of carbonyl (C=O) groups excluding carboxylic acids is 1. The number of alkyl halides is 3. The van der Waals surface area contributed by atoms with Gasteiger partial charge in [0, 0.05) is 32.6 Å². The Morgan fingerprint density at radius 1 is 1.25 bits per heavy atom. The Balaban J connectivity index is 1.57. The molecule has 1 fully saturated rings. The van der Waals surface area contributed by atoms with Crippen molar-refractivity contribution in [3.63, 3.8) is 0 Å². The molecule has 1 amide bonds. The van der Waals surface area contributed by atoms with Crippen LogP contribution in [0.2, 0.25) is 0 Å². The largest absolute Gasteiger partial charge is 0.491 e. The van der Waals surface area contributed by atoms with E-state index < -0.39 is 17.8 Å². The number of allylic oxidation sites excluding steroid dienone is 2. The molecular weight excluding hydrogens is 421 g/mol. The monoisotopic (exact) mass is 452 g/mol. The Kier molecular flexibility index (Phi) is 8.37. The van der Waals surface area contributed by atoms with E-state index in [4.69, 9.17) is 4.74 Å². The van der Waals surface area contributed by atoms with Gasteiger partial charge in [-0.15, -0.1) is 0 Å².